The smallest absolute Gasteiger partial charge is 0.331 e. The number of rotatable bonds is 4. The molecule has 0 aliphatic heterocycles. The fraction of sp³-hybridized carbons (Fsp3) is 0.636. The Morgan fingerprint density at radius 3 is 2.27 bits per heavy atom. The summed E-state index contributed by atoms with van der Waals surface area (Å²) in [6.45, 7) is 7.11. The van der Waals surface area contributed by atoms with Gasteiger partial charge in [-0.25, -0.2) is 4.79 Å². The van der Waals surface area contributed by atoms with E-state index < -0.39 is 11.5 Å². The summed E-state index contributed by atoms with van der Waals surface area (Å²) >= 11 is 0. The Balaban J connectivity index is 4.65. The standard InChI is InChI=1S/C11H19NO3/c1-6-11(4,10(14)15-5)12-9(13)7-8(2)3/h7H,6H2,1-5H3,(H,12,13). The predicted octanol–water partition coefficient (Wildman–Crippen LogP) is 1.41. The number of hydrogen-bond acceptors (Lipinski definition) is 3. The monoisotopic (exact) mass is 213 g/mol. The number of methoxy groups -OCH3 is 1. The maximum Gasteiger partial charge on any atom is 0.331 e. The first-order valence-electron chi connectivity index (χ1n) is 4.91. The quantitative estimate of drug-likeness (QED) is 0.567. The lowest BCUT2D eigenvalue weighted by Gasteiger charge is -2.25. The van der Waals surface area contributed by atoms with E-state index in [9.17, 15) is 9.59 Å². The van der Waals surface area contributed by atoms with Crippen molar-refractivity contribution >= 4 is 11.9 Å². The summed E-state index contributed by atoms with van der Waals surface area (Å²) < 4.78 is 4.64. The minimum Gasteiger partial charge on any atom is -0.467 e. The lowest BCUT2D eigenvalue weighted by molar-refractivity contribution is -0.149. The number of esters is 1. The van der Waals surface area contributed by atoms with Crippen LogP contribution in [0.5, 0.6) is 0 Å². The maximum atomic E-state index is 11.5. The molecule has 0 bridgehead atoms. The van der Waals surface area contributed by atoms with Crippen LogP contribution in [-0.4, -0.2) is 24.5 Å². The summed E-state index contributed by atoms with van der Waals surface area (Å²) in [6.07, 6.45) is 1.94. The number of carbonyl (C=O) groups is 2. The van der Waals surface area contributed by atoms with Crippen LogP contribution in [0.3, 0.4) is 0 Å². The van der Waals surface area contributed by atoms with Crippen LogP contribution in [0, 0.1) is 0 Å². The molecule has 0 aliphatic carbocycles. The van der Waals surface area contributed by atoms with Gasteiger partial charge in [0.15, 0.2) is 0 Å². The molecule has 1 unspecified atom stereocenters. The molecule has 1 atom stereocenters. The van der Waals surface area contributed by atoms with Gasteiger partial charge >= 0.3 is 5.97 Å². The van der Waals surface area contributed by atoms with Crippen LogP contribution in [0.1, 0.15) is 34.1 Å². The average molecular weight is 213 g/mol. The van der Waals surface area contributed by atoms with E-state index in [4.69, 9.17) is 0 Å². The van der Waals surface area contributed by atoms with E-state index in [-0.39, 0.29) is 5.91 Å². The molecular weight excluding hydrogens is 194 g/mol. The second-order valence-electron chi connectivity index (χ2n) is 3.89. The molecule has 0 rings (SSSR count). The molecule has 0 aromatic carbocycles. The Morgan fingerprint density at radius 2 is 1.93 bits per heavy atom. The molecule has 1 amide bonds. The molecule has 0 saturated heterocycles. The molecule has 0 aliphatic rings. The summed E-state index contributed by atoms with van der Waals surface area (Å²) in [5.74, 6) is -0.703. The fourth-order valence-corrected chi connectivity index (χ4v) is 1.08. The highest BCUT2D eigenvalue weighted by atomic mass is 16.5. The zero-order chi connectivity index (χ0) is 12.1. The molecule has 0 radical (unpaired) electrons. The van der Waals surface area contributed by atoms with E-state index >= 15 is 0 Å². The van der Waals surface area contributed by atoms with Gasteiger partial charge in [0, 0.05) is 6.08 Å². The van der Waals surface area contributed by atoms with Crippen LogP contribution >= 0.6 is 0 Å². The van der Waals surface area contributed by atoms with Gasteiger partial charge in [0.05, 0.1) is 7.11 Å². The second-order valence-corrected chi connectivity index (χ2v) is 3.89. The third-order valence-electron chi connectivity index (χ3n) is 2.16. The molecule has 0 fully saturated rings. The Bertz CT molecular complexity index is 280. The normalized spacial score (nSPS) is 13.7. The van der Waals surface area contributed by atoms with Gasteiger partial charge in [0.25, 0.3) is 0 Å². The van der Waals surface area contributed by atoms with Gasteiger partial charge < -0.3 is 10.1 Å². The third kappa shape index (κ3) is 4.14. The number of ether oxygens (including phenoxy) is 1. The van der Waals surface area contributed by atoms with Crippen molar-refractivity contribution in [3.63, 3.8) is 0 Å². The van der Waals surface area contributed by atoms with Crippen LogP contribution in [0.15, 0.2) is 11.6 Å². The van der Waals surface area contributed by atoms with Gasteiger partial charge in [-0.05, 0) is 27.2 Å². The van der Waals surface area contributed by atoms with Gasteiger partial charge in [-0.15, -0.1) is 0 Å². The summed E-state index contributed by atoms with van der Waals surface area (Å²) in [7, 11) is 1.31. The van der Waals surface area contributed by atoms with Crippen molar-refractivity contribution in [3.8, 4) is 0 Å². The lowest BCUT2D eigenvalue weighted by atomic mass is 9.99. The van der Waals surface area contributed by atoms with Crippen molar-refractivity contribution < 1.29 is 14.3 Å². The number of allylic oxidation sites excluding steroid dienone is 1. The van der Waals surface area contributed by atoms with Crippen LogP contribution in [0.2, 0.25) is 0 Å². The highest BCUT2D eigenvalue weighted by molar-refractivity contribution is 5.93. The van der Waals surface area contributed by atoms with Gasteiger partial charge in [-0.2, -0.15) is 0 Å². The summed E-state index contributed by atoms with van der Waals surface area (Å²) in [4.78, 5) is 22.9. The molecular formula is C11H19NO3. The van der Waals surface area contributed by atoms with Crippen molar-refractivity contribution in [2.45, 2.75) is 39.7 Å². The molecule has 86 valence electrons. The summed E-state index contributed by atoms with van der Waals surface area (Å²) in [5.41, 5.74) is -0.0616. The van der Waals surface area contributed by atoms with Crippen molar-refractivity contribution in [3.05, 3.63) is 11.6 Å². The van der Waals surface area contributed by atoms with Crippen molar-refractivity contribution in [2.24, 2.45) is 0 Å². The molecule has 0 spiro atoms. The van der Waals surface area contributed by atoms with E-state index in [1.165, 1.54) is 13.2 Å². The summed E-state index contributed by atoms with van der Waals surface area (Å²) in [6, 6.07) is 0. The highest BCUT2D eigenvalue weighted by Crippen LogP contribution is 2.11. The first-order valence-corrected chi connectivity index (χ1v) is 4.91. The van der Waals surface area contributed by atoms with E-state index in [0.29, 0.717) is 6.42 Å². The van der Waals surface area contributed by atoms with Crippen LogP contribution in [0.4, 0.5) is 0 Å². The fourth-order valence-electron chi connectivity index (χ4n) is 1.08. The average Bonchev–Trinajstić information content (AvgIpc) is 2.14. The number of nitrogens with one attached hydrogen (secondary N) is 1. The zero-order valence-electron chi connectivity index (χ0n) is 10.0. The molecule has 15 heavy (non-hydrogen) atoms. The minimum absolute atomic E-state index is 0.273. The topological polar surface area (TPSA) is 55.4 Å². The largest absolute Gasteiger partial charge is 0.467 e. The van der Waals surface area contributed by atoms with Gasteiger partial charge in [0.1, 0.15) is 5.54 Å². The Morgan fingerprint density at radius 1 is 1.40 bits per heavy atom. The molecule has 0 aromatic rings. The second kappa shape index (κ2) is 5.53. The molecule has 0 heterocycles. The van der Waals surface area contributed by atoms with Crippen LogP contribution in [-0.2, 0) is 14.3 Å². The molecule has 1 N–H and O–H groups in total. The van der Waals surface area contributed by atoms with E-state index in [0.717, 1.165) is 5.57 Å². The maximum absolute atomic E-state index is 11.5. The van der Waals surface area contributed by atoms with Crippen LogP contribution in [0.25, 0.3) is 0 Å². The number of carbonyl (C=O) groups excluding carboxylic acids is 2. The third-order valence-corrected chi connectivity index (χ3v) is 2.16. The number of hydrogen-bond donors (Lipinski definition) is 1. The van der Waals surface area contributed by atoms with Crippen molar-refractivity contribution in [1.82, 2.24) is 5.32 Å². The van der Waals surface area contributed by atoms with E-state index in [2.05, 4.69) is 10.1 Å². The first kappa shape index (κ1) is 13.7. The molecule has 4 nitrogen and oxygen atoms in total. The Labute approximate surface area is 90.7 Å². The van der Waals surface area contributed by atoms with Crippen molar-refractivity contribution in [1.29, 1.82) is 0 Å². The van der Waals surface area contributed by atoms with Crippen LogP contribution < -0.4 is 5.32 Å². The van der Waals surface area contributed by atoms with Crippen molar-refractivity contribution in [2.75, 3.05) is 7.11 Å². The SMILES string of the molecule is CCC(C)(NC(=O)C=C(C)C)C(=O)OC. The van der Waals surface area contributed by atoms with Gasteiger partial charge in [0.2, 0.25) is 5.91 Å². The zero-order valence-corrected chi connectivity index (χ0v) is 10.0. The lowest BCUT2D eigenvalue weighted by Crippen LogP contribution is -2.51. The minimum atomic E-state index is -0.947. The van der Waals surface area contributed by atoms with Gasteiger partial charge in [-0.3, -0.25) is 4.79 Å². The van der Waals surface area contributed by atoms with E-state index in [1.54, 1.807) is 6.92 Å². The van der Waals surface area contributed by atoms with E-state index in [1.807, 2.05) is 20.8 Å². The highest BCUT2D eigenvalue weighted by Gasteiger charge is 2.33. The Kier molecular flexibility index (Phi) is 5.05. The van der Waals surface area contributed by atoms with Gasteiger partial charge in [-0.1, -0.05) is 12.5 Å². The molecule has 0 aromatic heterocycles. The molecule has 4 heteroatoms. The Hall–Kier alpha value is -1.32. The first-order chi connectivity index (χ1) is 6.85. The molecule has 0 saturated carbocycles. The summed E-state index contributed by atoms with van der Waals surface area (Å²) in [5, 5.41) is 2.64. The number of amides is 1. The predicted molar refractivity (Wildman–Crippen MR) is 58.3 cm³/mol.